The number of aromatic nitrogens is 1. The number of anilines is 1. The Hall–Kier alpha value is -3.75. The van der Waals surface area contributed by atoms with Gasteiger partial charge in [0.2, 0.25) is 0 Å². The molecular weight excluding hydrogens is 478 g/mol. The number of nitrogens with zero attached hydrogens (tertiary/aromatic N) is 2. The number of para-hydroxylation sites is 1. The maximum atomic E-state index is 13.7. The Balaban J connectivity index is 1.70. The molecule has 176 valence electrons. The maximum Gasteiger partial charge on any atom is 0.271 e. The summed E-state index contributed by atoms with van der Waals surface area (Å²) in [6, 6.07) is 18.1. The van der Waals surface area contributed by atoms with E-state index in [0.717, 1.165) is 16.0 Å². The van der Waals surface area contributed by atoms with E-state index in [0.29, 0.717) is 32.0 Å². The average Bonchev–Trinajstić information content (AvgIpc) is 3.40. The molecular formula is C27H23N3O3S2. The SMILES string of the molecule is COc1cccc(C2C(C(=O)Nc3ccccc3)=C(C)N=c3sc(=Cc4sccc4C)c(=O)n32)c1. The molecule has 3 heterocycles. The number of amides is 1. The zero-order valence-corrected chi connectivity index (χ0v) is 21.1. The second kappa shape index (κ2) is 9.48. The van der Waals surface area contributed by atoms with Gasteiger partial charge >= 0.3 is 0 Å². The lowest BCUT2D eigenvalue weighted by atomic mass is 9.95. The largest absolute Gasteiger partial charge is 0.497 e. The highest BCUT2D eigenvalue weighted by Crippen LogP contribution is 2.32. The molecule has 1 unspecified atom stereocenters. The van der Waals surface area contributed by atoms with Gasteiger partial charge in [0.25, 0.3) is 11.5 Å². The molecule has 4 aromatic rings. The monoisotopic (exact) mass is 501 g/mol. The predicted octanol–water partition coefficient (Wildman–Crippen LogP) is 4.25. The summed E-state index contributed by atoms with van der Waals surface area (Å²) < 4.78 is 7.65. The molecule has 1 atom stereocenters. The number of fused-ring (bicyclic) bond motifs is 1. The molecule has 5 rings (SSSR count). The zero-order chi connectivity index (χ0) is 24.5. The van der Waals surface area contributed by atoms with Gasteiger partial charge in [0.15, 0.2) is 4.80 Å². The molecule has 0 radical (unpaired) electrons. The topological polar surface area (TPSA) is 72.7 Å². The number of thiophene rings is 1. The fraction of sp³-hybridized carbons (Fsp3) is 0.148. The van der Waals surface area contributed by atoms with Crippen molar-refractivity contribution in [3.05, 3.63) is 113 Å². The van der Waals surface area contributed by atoms with Crippen molar-refractivity contribution in [1.82, 2.24) is 4.57 Å². The van der Waals surface area contributed by atoms with Gasteiger partial charge < -0.3 is 10.1 Å². The summed E-state index contributed by atoms with van der Waals surface area (Å²) in [5.74, 6) is 0.352. The summed E-state index contributed by atoms with van der Waals surface area (Å²) in [6.45, 7) is 3.84. The summed E-state index contributed by atoms with van der Waals surface area (Å²) in [7, 11) is 1.60. The van der Waals surface area contributed by atoms with Gasteiger partial charge in [-0.2, -0.15) is 0 Å². The zero-order valence-electron chi connectivity index (χ0n) is 19.4. The van der Waals surface area contributed by atoms with E-state index in [1.54, 1.807) is 23.0 Å². The van der Waals surface area contributed by atoms with Gasteiger partial charge in [0.05, 0.1) is 29.0 Å². The minimum Gasteiger partial charge on any atom is -0.497 e. The molecule has 35 heavy (non-hydrogen) atoms. The van der Waals surface area contributed by atoms with Crippen LogP contribution in [0.15, 0.2) is 87.1 Å². The van der Waals surface area contributed by atoms with Crippen LogP contribution in [0.4, 0.5) is 5.69 Å². The van der Waals surface area contributed by atoms with E-state index in [9.17, 15) is 9.59 Å². The first kappa shape index (κ1) is 23.0. The summed E-state index contributed by atoms with van der Waals surface area (Å²) in [5, 5.41) is 4.97. The van der Waals surface area contributed by atoms with E-state index >= 15 is 0 Å². The Labute approximate surface area is 210 Å². The molecule has 2 aromatic heterocycles. The average molecular weight is 502 g/mol. The summed E-state index contributed by atoms with van der Waals surface area (Å²) in [4.78, 5) is 33.6. The summed E-state index contributed by atoms with van der Waals surface area (Å²) in [5.41, 5.74) is 3.39. The molecule has 0 spiro atoms. The Kier molecular flexibility index (Phi) is 6.23. The van der Waals surface area contributed by atoms with Gasteiger partial charge in [-0.15, -0.1) is 11.3 Å². The molecule has 6 nitrogen and oxygen atoms in total. The molecule has 1 amide bonds. The van der Waals surface area contributed by atoms with Crippen molar-refractivity contribution in [1.29, 1.82) is 0 Å². The molecule has 0 saturated heterocycles. The smallest absolute Gasteiger partial charge is 0.271 e. The molecule has 2 aromatic carbocycles. The van der Waals surface area contributed by atoms with Crippen molar-refractivity contribution in [3.63, 3.8) is 0 Å². The molecule has 1 aliphatic heterocycles. The first-order valence-corrected chi connectivity index (χ1v) is 12.7. The van der Waals surface area contributed by atoms with Crippen molar-refractivity contribution in [2.45, 2.75) is 19.9 Å². The third-order valence-corrected chi connectivity index (χ3v) is 7.82. The van der Waals surface area contributed by atoms with E-state index in [-0.39, 0.29) is 11.5 Å². The number of thiazole rings is 1. The predicted molar refractivity (Wildman–Crippen MR) is 141 cm³/mol. The lowest BCUT2D eigenvalue weighted by Gasteiger charge is -2.25. The second-order valence-electron chi connectivity index (χ2n) is 8.15. The van der Waals surface area contributed by atoms with Crippen LogP contribution in [0.25, 0.3) is 6.08 Å². The van der Waals surface area contributed by atoms with Crippen LogP contribution in [0.2, 0.25) is 0 Å². The van der Waals surface area contributed by atoms with Crippen molar-refractivity contribution in [2.24, 2.45) is 4.99 Å². The number of benzene rings is 2. The van der Waals surface area contributed by atoms with Crippen LogP contribution in [-0.4, -0.2) is 17.6 Å². The number of nitrogens with one attached hydrogen (secondary N) is 1. The number of carbonyl (C=O) groups excluding carboxylic acids is 1. The van der Waals surface area contributed by atoms with Crippen LogP contribution in [0.5, 0.6) is 5.75 Å². The van der Waals surface area contributed by atoms with Crippen molar-refractivity contribution >= 4 is 40.3 Å². The summed E-state index contributed by atoms with van der Waals surface area (Å²) >= 11 is 2.93. The van der Waals surface area contributed by atoms with Gasteiger partial charge in [0.1, 0.15) is 5.75 Å². The number of methoxy groups -OCH3 is 1. The number of hydrogen-bond acceptors (Lipinski definition) is 6. The molecule has 0 bridgehead atoms. The maximum absolute atomic E-state index is 13.7. The molecule has 0 saturated carbocycles. The van der Waals surface area contributed by atoms with E-state index in [2.05, 4.69) is 5.32 Å². The van der Waals surface area contributed by atoms with Crippen LogP contribution < -0.4 is 24.9 Å². The molecule has 0 aliphatic carbocycles. The van der Waals surface area contributed by atoms with Gasteiger partial charge in [-0.3, -0.25) is 14.2 Å². The number of aryl methyl sites for hydroxylation is 1. The lowest BCUT2D eigenvalue weighted by molar-refractivity contribution is -0.113. The van der Waals surface area contributed by atoms with Crippen LogP contribution >= 0.6 is 22.7 Å². The quantitative estimate of drug-likeness (QED) is 0.444. The van der Waals surface area contributed by atoms with E-state index in [1.807, 2.05) is 86.0 Å². The first-order chi connectivity index (χ1) is 17.0. The Morgan fingerprint density at radius 3 is 2.63 bits per heavy atom. The normalized spacial score (nSPS) is 15.5. The third-order valence-electron chi connectivity index (χ3n) is 5.87. The molecule has 1 aliphatic rings. The van der Waals surface area contributed by atoms with Crippen LogP contribution in [0, 0.1) is 6.92 Å². The molecule has 8 heteroatoms. The Morgan fingerprint density at radius 1 is 1.11 bits per heavy atom. The van der Waals surface area contributed by atoms with Crippen LogP contribution in [0.1, 0.15) is 29.0 Å². The first-order valence-electron chi connectivity index (χ1n) is 11.0. The number of ether oxygens (including phenoxy) is 1. The molecule has 0 fully saturated rings. The lowest BCUT2D eigenvalue weighted by Crippen LogP contribution is -2.40. The number of allylic oxidation sites excluding steroid dienone is 1. The van der Waals surface area contributed by atoms with Crippen molar-refractivity contribution < 1.29 is 9.53 Å². The minimum absolute atomic E-state index is 0.174. The van der Waals surface area contributed by atoms with Crippen LogP contribution in [-0.2, 0) is 4.79 Å². The van der Waals surface area contributed by atoms with Gasteiger partial charge in [-0.05, 0) is 66.8 Å². The van der Waals surface area contributed by atoms with Crippen LogP contribution in [0.3, 0.4) is 0 Å². The Morgan fingerprint density at radius 2 is 1.91 bits per heavy atom. The van der Waals surface area contributed by atoms with Gasteiger partial charge in [-0.1, -0.05) is 41.7 Å². The fourth-order valence-electron chi connectivity index (χ4n) is 4.11. The van der Waals surface area contributed by atoms with E-state index < -0.39 is 6.04 Å². The Bertz CT molecular complexity index is 1630. The van der Waals surface area contributed by atoms with Crippen molar-refractivity contribution in [3.8, 4) is 5.75 Å². The number of hydrogen-bond donors (Lipinski definition) is 1. The van der Waals surface area contributed by atoms with Gasteiger partial charge in [0, 0.05) is 10.6 Å². The van der Waals surface area contributed by atoms with E-state index in [4.69, 9.17) is 9.73 Å². The van der Waals surface area contributed by atoms with E-state index in [1.165, 1.54) is 11.3 Å². The second-order valence-corrected chi connectivity index (χ2v) is 10.1. The third kappa shape index (κ3) is 4.38. The fourth-order valence-corrected chi connectivity index (χ4v) is 6.07. The highest BCUT2D eigenvalue weighted by Gasteiger charge is 2.32. The summed E-state index contributed by atoms with van der Waals surface area (Å²) in [6.07, 6.45) is 1.91. The standard InChI is InChI=1S/C27H23N3O3S2/c1-16-12-13-34-21(16)15-22-26(32)30-24(18-8-7-11-20(14-18)33-3)23(17(2)28-27(30)35-22)25(31)29-19-9-5-4-6-10-19/h4-15,24H,1-3H3,(H,29,31). The molecule has 1 N–H and O–H groups in total. The number of carbonyl (C=O) groups is 1. The highest BCUT2D eigenvalue weighted by atomic mass is 32.1. The number of rotatable bonds is 5. The minimum atomic E-state index is -0.642. The van der Waals surface area contributed by atoms with Crippen molar-refractivity contribution in [2.75, 3.05) is 12.4 Å². The highest BCUT2D eigenvalue weighted by molar-refractivity contribution is 7.11. The van der Waals surface area contributed by atoms with Gasteiger partial charge in [-0.25, -0.2) is 4.99 Å².